The monoisotopic (exact) mass is 514 g/mol. The Hall–Kier alpha value is -2.62. The molecule has 1 saturated heterocycles. The zero-order chi connectivity index (χ0) is 25.6. The third-order valence-electron chi connectivity index (χ3n) is 5.94. The number of amides is 1. The predicted octanol–water partition coefficient (Wildman–Crippen LogP) is 5.17. The molecular weight excluding hydrogens is 480 g/mol. The lowest BCUT2D eigenvalue weighted by Gasteiger charge is -2.30. The van der Waals surface area contributed by atoms with Crippen LogP contribution in [0, 0.1) is 5.92 Å². The van der Waals surface area contributed by atoms with Crippen LogP contribution in [0.5, 0.6) is 0 Å². The Balaban J connectivity index is 1.53. The van der Waals surface area contributed by atoms with Gasteiger partial charge in [0.2, 0.25) is 21.1 Å². The number of sulfonamides is 1. The largest absolute Gasteiger partial charge is 0.300 e. The number of hydrogen-bond donors (Lipinski definition) is 1. The maximum absolute atomic E-state index is 12.8. The molecule has 0 unspecified atom stereocenters. The molecule has 1 fully saturated rings. The number of carbonyl (C=O) groups excluding carboxylic acids is 1. The number of carbonyl (C=O) groups is 1. The van der Waals surface area contributed by atoms with E-state index >= 15 is 0 Å². The molecule has 188 valence electrons. The summed E-state index contributed by atoms with van der Waals surface area (Å²) in [6.45, 7) is 12.7. The van der Waals surface area contributed by atoms with Crippen LogP contribution in [0.1, 0.15) is 46.1 Å². The molecule has 2 heterocycles. The van der Waals surface area contributed by atoms with Crippen LogP contribution in [0.4, 0.5) is 5.13 Å². The molecule has 35 heavy (non-hydrogen) atoms. The van der Waals surface area contributed by atoms with Crippen molar-refractivity contribution in [1.82, 2.24) is 14.5 Å². The summed E-state index contributed by atoms with van der Waals surface area (Å²) in [6.07, 6.45) is 7.85. The molecule has 1 aliphatic rings. The van der Waals surface area contributed by atoms with Gasteiger partial charge in [-0.1, -0.05) is 92.8 Å². The van der Waals surface area contributed by atoms with Crippen molar-refractivity contribution in [3.05, 3.63) is 66.3 Å². The van der Waals surface area contributed by atoms with E-state index in [1.54, 1.807) is 18.2 Å². The second-order valence-corrected chi connectivity index (χ2v) is 12.7. The Morgan fingerprint density at radius 3 is 2.46 bits per heavy atom. The topological polar surface area (TPSA) is 92.3 Å². The van der Waals surface area contributed by atoms with Crippen molar-refractivity contribution in [3.8, 4) is 10.6 Å². The van der Waals surface area contributed by atoms with Crippen LogP contribution in [0.3, 0.4) is 0 Å². The molecule has 7 nitrogen and oxygen atoms in total. The number of hydrogen-bond acceptors (Lipinski definition) is 6. The van der Waals surface area contributed by atoms with E-state index < -0.39 is 10.0 Å². The number of benzene rings is 1. The van der Waals surface area contributed by atoms with Crippen LogP contribution in [0.2, 0.25) is 0 Å². The minimum atomic E-state index is -3.40. The fourth-order valence-electron chi connectivity index (χ4n) is 3.81. The Morgan fingerprint density at radius 2 is 1.86 bits per heavy atom. The van der Waals surface area contributed by atoms with Crippen LogP contribution < -0.4 is 5.32 Å². The van der Waals surface area contributed by atoms with Gasteiger partial charge in [0.05, 0.1) is 5.75 Å². The zero-order valence-electron chi connectivity index (χ0n) is 20.8. The molecular formula is C26H34N4O3S2. The van der Waals surface area contributed by atoms with E-state index in [1.807, 2.05) is 25.1 Å². The Morgan fingerprint density at radius 1 is 1.20 bits per heavy atom. The van der Waals surface area contributed by atoms with Crippen LogP contribution in [0.15, 0.2) is 60.7 Å². The van der Waals surface area contributed by atoms with E-state index in [4.69, 9.17) is 0 Å². The van der Waals surface area contributed by atoms with Gasteiger partial charge in [0.1, 0.15) is 5.01 Å². The van der Waals surface area contributed by atoms with Crippen molar-refractivity contribution in [2.24, 2.45) is 5.92 Å². The number of aromatic nitrogens is 2. The first-order valence-electron chi connectivity index (χ1n) is 11.7. The van der Waals surface area contributed by atoms with E-state index in [1.165, 1.54) is 21.2 Å². The maximum atomic E-state index is 12.8. The quantitative estimate of drug-likeness (QED) is 0.491. The average Bonchev–Trinajstić information content (AvgIpc) is 3.27. The number of nitrogens with zero attached hydrogens (tertiary/aromatic N) is 3. The van der Waals surface area contributed by atoms with Crippen LogP contribution in [-0.2, 0) is 20.2 Å². The highest BCUT2D eigenvalue weighted by molar-refractivity contribution is 7.89. The van der Waals surface area contributed by atoms with Gasteiger partial charge in [0.15, 0.2) is 0 Å². The van der Waals surface area contributed by atoms with Crippen molar-refractivity contribution >= 4 is 32.4 Å². The van der Waals surface area contributed by atoms with Gasteiger partial charge in [-0.2, -0.15) is 0 Å². The van der Waals surface area contributed by atoms with Crippen molar-refractivity contribution in [2.45, 2.75) is 46.0 Å². The van der Waals surface area contributed by atoms with Gasteiger partial charge in [0, 0.05) is 24.6 Å². The first-order chi connectivity index (χ1) is 16.5. The normalized spacial score (nSPS) is 16.5. The molecule has 1 N–H and O–H groups in total. The van der Waals surface area contributed by atoms with Crippen molar-refractivity contribution in [1.29, 1.82) is 0 Å². The molecule has 0 aliphatic carbocycles. The molecule has 0 atom stereocenters. The van der Waals surface area contributed by atoms with Crippen LogP contribution in [0.25, 0.3) is 10.6 Å². The molecule has 1 aromatic carbocycles. The Kier molecular flexibility index (Phi) is 8.79. The maximum Gasteiger partial charge on any atom is 0.229 e. The summed E-state index contributed by atoms with van der Waals surface area (Å²) >= 11 is 1.33. The highest BCUT2D eigenvalue weighted by Crippen LogP contribution is 2.30. The average molecular weight is 515 g/mol. The minimum Gasteiger partial charge on any atom is -0.300 e. The van der Waals surface area contributed by atoms with Gasteiger partial charge in [-0.25, -0.2) is 12.7 Å². The summed E-state index contributed by atoms with van der Waals surface area (Å²) in [5.41, 5.74) is 3.21. The molecule has 2 aromatic rings. The summed E-state index contributed by atoms with van der Waals surface area (Å²) in [6, 6.07) is 8.22. The van der Waals surface area contributed by atoms with Gasteiger partial charge in [0.25, 0.3) is 0 Å². The van der Waals surface area contributed by atoms with Gasteiger partial charge >= 0.3 is 0 Å². The molecule has 3 rings (SSSR count). The lowest BCUT2D eigenvalue weighted by atomic mass is 9.87. The number of piperidine rings is 1. The van der Waals surface area contributed by atoms with Crippen molar-refractivity contribution in [3.63, 3.8) is 0 Å². The fraction of sp³-hybridized carbons (Fsp3) is 0.423. The van der Waals surface area contributed by atoms with Crippen LogP contribution >= 0.6 is 11.3 Å². The zero-order valence-corrected chi connectivity index (χ0v) is 22.5. The summed E-state index contributed by atoms with van der Waals surface area (Å²) in [5, 5.41) is 12.4. The standard InChI is InChI=1S/C26H34N4O3S2/c1-6-8-19(2)9-7-18-35(32,33)30-16-14-20(15-17-30)23(31)27-25-29-28-24(34-25)21-10-12-22(13-11-21)26(3,4)5/h6-13,20H,1,14-18H2,2-5H3,(H,27,29,31)/b9-7-,19-8-. The number of anilines is 1. The number of nitrogens with one attached hydrogen (secondary N) is 1. The summed E-state index contributed by atoms with van der Waals surface area (Å²) < 4.78 is 26.7. The molecule has 9 heteroatoms. The highest BCUT2D eigenvalue weighted by atomic mass is 32.2. The SMILES string of the molecule is C=C/C=C(C)\C=C/CS(=O)(=O)N1CCC(C(=O)Nc2nnc(-c3ccc(C(C)(C)C)cc3)s2)CC1. The van der Waals surface area contributed by atoms with Crippen molar-refractivity contribution in [2.75, 3.05) is 24.2 Å². The summed E-state index contributed by atoms with van der Waals surface area (Å²) in [5.74, 6) is -0.456. The van der Waals surface area contributed by atoms with E-state index in [0.29, 0.717) is 31.1 Å². The second-order valence-electron chi connectivity index (χ2n) is 9.73. The van der Waals surface area contributed by atoms with Gasteiger partial charge < -0.3 is 5.32 Å². The lowest BCUT2D eigenvalue weighted by Crippen LogP contribution is -2.42. The minimum absolute atomic E-state index is 0.0590. The molecule has 0 bridgehead atoms. The van der Waals surface area contributed by atoms with Gasteiger partial charge in [-0.05, 0) is 30.7 Å². The van der Waals surface area contributed by atoms with E-state index in [-0.39, 0.29) is 23.0 Å². The lowest BCUT2D eigenvalue weighted by molar-refractivity contribution is -0.120. The van der Waals surface area contributed by atoms with Gasteiger partial charge in [-0.3, -0.25) is 4.79 Å². The smallest absolute Gasteiger partial charge is 0.229 e. The number of allylic oxidation sites excluding steroid dienone is 4. The third-order valence-corrected chi connectivity index (χ3v) is 8.59. The molecule has 1 amide bonds. The second kappa shape index (κ2) is 11.4. The first-order valence-corrected chi connectivity index (χ1v) is 14.1. The Bertz CT molecular complexity index is 1200. The van der Waals surface area contributed by atoms with E-state index in [9.17, 15) is 13.2 Å². The van der Waals surface area contributed by atoms with Crippen molar-refractivity contribution < 1.29 is 13.2 Å². The molecule has 1 aliphatic heterocycles. The van der Waals surface area contributed by atoms with E-state index in [0.717, 1.165) is 16.1 Å². The summed E-state index contributed by atoms with van der Waals surface area (Å²) in [4.78, 5) is 12.8. The summed E-state index contributed by atoms with van der Waals surface area (Å²) in [7, 11) is -3.40. The third kappa shape index (κ3) is 7.43. The number of rotatable bonds is 8. The van der Waals surface area contributed by atoms with Gasteiger partial charge in [-0.15, -0.1) is 10.2 Å². The molecule has 0 radical (unpaired) electrons. The van der Waals surface area contributed by atoms with E-state index in [2.05, 4.69) is 55.0 Å². The fourth-order valence-corrected chi connectivity index (χ4v) is 5.88. The Labute approximate surface area is 212 Å². The highest BCUT2D eigenvalue weighted by Gasteiger charge is 2.31. The molecule has 0 saturated carbocycles. The molecule has 0 spiro atoms. The first kappa shape index (κ1) is 27.0. The predicted molar refractivity (Wildman–Crippen MR) is 144 cm³/mol. The molecule has 1 aromatic heterocycles. The van der Waals surface area contributed by atoms with Crippen LogP contribution in [-0.4, -0.2) is 47.7 Å².